The lowest BCUT2D eigenvalue weighted by Crippen LogP contribution is -2.12. The van der Waals surface area contributed by atoms with E-state index in [2.05, 4.69) is 0 Å². The van der Waals surface area contributed by atoms with Crippen molar-refractivity contribution in [2.75, 3.05) is 0 Å². The van der Waals surface area contributed by atoms with Crippen LogP contribution < -0.4 is 0 Å². The SMILES string of the molecule is O=C(O)CC(c1c(O)c(Cl)cc2c1CCCCC2)C1CC1. The maximum atomic E-state index is 11.2. The molecule has 21 heavy (non-hydrogen) atoms. The molecule has 0 aliphatic heterocycles. The second-order valence-corrected chi connectivity index (χ2v) is 6.77. The van der Waals surface area contributed by atoms with E-state index in [1.165, 1.54) is 17.5 Å². The van der Waals surface area contributed by atoms with Gasteiger partial charge in [-0.25, -0.2) is 0 Å². The van der Waals surface area contributed by atoms with Crippen LogP contribution in [0, 0.1) is 5.92 Å². The Bertz CT molecular complexity index is 564. The van der Waals surface area contributed by atoms with Crippen molar-refractivity contribution in [1.82, 2.24) is 0 Å². The first kappa shape index (κ1) is 14.7. The van der Waals surface area contributed by atoms with Gasteiger partial charge in [-0.2, -0.15) is 0 Å². The van der Waals surface area contributed by atoms with E-state index >= 15 is 0 Å². The van der Waals surface area contributed by atoms with Crippen LogP contribution in [0.2, 0.25) is 5.02 Å². The van der Waals surface area contributed by atoms with Gasteiger partial charge in [0, 0.05) is 11.5 Å². The van der Waals surface area contributed by atoms with Gasteiger partial charge in [-0.1, -0.05) is 18.0 Å². The summed E-state index contributed by atoms with van der Waals surface area (Å²) in [6.07, 6.45) is 7.53. The first-order chi connectivity index (χ1) is 10.1. The van der Waals surface area contributed by atoms with E-state index in [-0.39, 0.29) is 18.1 Å². The number of aromatic hydroxyl groups is 1. The number of carboxylic acids is 1. The molecule has 0 radical (unpaired) electrons. The van der Waals surface area contributed by atoms with Gasteiger partial charge in [-0.3, -0.25) is 4.79 Å². The van der Waals surface area contributed by atoms with Crippen LogP contribution in [-0.4, -0.2) is 16.2 Å². The summed E-state index contributed by atoms with van der Waals surface area (Å²) in [4.78, 5) is 11.2. The Labute approximate surface area is 129 Å². The van der Waals surface area contributed by atoms with Crippen molar-refractivity contribution in [3.63, 3.8) is 0 Å². The minimum atomic E-state index is -0.798. The van der Waals surface area contributed by atoms with E-state index < -0.39 is 5.97 Å². The summed E-state index contributed by atoms with van der Waals surface area (Å²) in [6.45, 7) is 0. The molecule has 1 atom stereocenters. The van der Waals surface area contributed by atoms with Gasteiger partial charge in [0.1, 0.15) is 5.75 Å². The van der Waals surface area contributed by atoms with Gasteiger partial charge in [0.25, 0.3) is 0 Å². The van der Waals surface area contributed by atoms with Gasteiger partial charge in [-0.15, -0.1) is 0 Å². The van der Waals surface area contributed by atoms with Crippen molar-refractivity contribution in [3.05, 3.63) is 27.8 Å². The fraction of sp³-hybridized carbons (Fsp3) is 0.588. The van der Waals surface area contributed by atoms with Crippen molar-refractivity contribution in [2.45, 2.75) is 57.3 Å². The highest BCUT2D eigenvalue weighted by molar-refractivity contribution is 6.32. The van der Waals surface area contributed by atoms with Crippen LogP contribution in [0.4, 0.5) is 0 Å². The summed E-state index contributed by atoms with van der Waals surface area (Å²) in [5.74, 6) is -0.380. The molecule has 0 spiro atoms. The molecule has 1 aromatic rings. The Morgan fingerprint density at radius 3 is 2.67 bits per heavy atom. The molecule has 3 nitrogen and oxygen atoms in total. The van der Waals surface area contributed by atoms with Crippen molar-refractivity contribution < 1.29 is 15.0 Å². The van der Waals surface area contributed by atoms with Crippen LogP contribution in [0.1, 0.15) is 61.1 Å². The van der Waals surface area contributed by atoms with Crippen LogP contribution in [0.3, 0.4) is 0 Å². The number of aliphatic carboxylic acids is 1. The van der Waals surface area contributed by atoms with Crippen LogP contribution >= 0.6 is 11.6 Å². The zero-order valence-electron chi connectivity index (χ0n) is 12.1. The molecule has 3 rings (SSSR count). The molecule has 2 aliphatic rings. The molecule has 1 fully saturated rings. The third kappa shape index (κ3) is 3.03. The first-order valence-electron chi connectivity index (χ1n) is 7.83. The normalized spacial score (nSPS) is 19.7. The number of aryl methyl sites for hydroxylation is 1. The number of hydrogen-bond donors (Lipinski definition) is 2. The molecule has 0 heterocycles. The molecule has 2 N–H and O–H groups in total. The van der Waals surface area contributed by atoms with Crippen LogP contribution in [-0.2, 0) is 17.6 Å². The fourth-order valence-corrected chi connectivity index (χ4v) is 3.89. The number of fused-ring (bicyclic) bond motifs is 1. The molecule has 0 aromatic heterocycles. The Morgan fingerprint density at radius 2 is 2.00 bits per heavy atom. The highest BCUT2D eigenvalue weighted by Gasteiger charge is 2.37. The van der Waals surface area contributed by atoms with Gasteiger partial charge < -0.3 is 10.2 Å². The predicted molar refractivity (Wildman–Crippen MR) is 82.1 cm³/mol. The Morgan fingerprint density at radius 1 is 1.29 bits per heavy atom. The molecule has 1 unspecified atom stereocenters. The molecule has 1 saturated carbocycles. The van der Waals surface area contributed by atoms with Crippen molar-refractivity contribution in [3.8, 4) is 5.75 Å². The molecular formula is C17H21ClO3. The van der Waals surface area contributed by atoms with Crippen LogP contribution in [0.5, 0.6) is 5.75 Å². The smallest absolute Gasteiger partial charge is 0.303 e. The van der Waals surface area contributed by atoms with E-state index in [1.807, 2.05) is 6.07 Å². The predicted octanol–water partition coefficient (Wildman–Crippen LogP) is 4.28. The molecule has 1 aromatic carbocycles. The zero-order valence-corrected chi connectivity index (χ0v) is 12.8. The average molecular weight is 309 g/mol. The highest BCUT2D eigenvalue weighted by Crippen LogP contribution is 2.50. The third-order valence-electron chi connectivity index (χ3n) is 4.82. The van der Waals surface area contributed by atoms with Gasteiger partial charge in [0.2, 0.25) is 0 Å². The summed E-state index contributed by atoms with van der Waals surface area (Å²) in [7, 11) is 0. The summed E-state index contributed by atoms with van der Waals surface area (Å²) in [6, 6.07) is 1.88. The summed E-state index contributed by atoms with van der Waals surface area (Å²) in [5.41, 5.74) is 3.22. The number of halogens is 1. The van der Waals surface area contributed by atoms with Gasteiger partial charge in [-0.05, 0) is 61.6 Å². The standard InChI is InChI=1S/C17H21ClO3/c18-14-8-11-4-2-1-3-5-12(11)16(17(14)21)13(9-15(19)20)10-6-7-10/h8,10,13,21H,1-7,9H2,(H,19,20). The second-order valence-electron chi connectivity index (χ2n) is 6.36. The van der Waals surface area contributed by atoms with Crippen molar-refractivity contribution in [2.24, 2.45) is 5.92 Å². The minimum Gasteiger partial charge on any atom is -0.506 e. The molecular weight excluding hydrogens is 288 g/mol. The Balaban J connectivity index is 2.10. The van der Waals surface area contributed by atoms with Crippen molar-refractivity contribution >= 4 is 17.6 Å². The third-order valence-corrected chi connectivity index (χ3v) is 5.11. The molecule has 4 heteroatoms. The first-order valence-corrected chi connectivity index (χ1v) is 8.20. The molecule has 0 bridgehead atoms. The summed E-state index contributed by atoms with van der Waals surface area (Å²) >= 11 is 6.21. The Hall–Kier alpha value is -1.22. The van der Waals surface area contributed by atoms with E-state index in [0.717, 1.165) is 44.1 Å². The molecule has 114 valence electrons. The van der Waals surface area contributed by atoms with Crippen LogP contribution in [0.15, 0.2) is 6.07 Å². The number of phenols is 1. The monoisotopic (exact) mass is 308 g/mol. The summed E-state index contributed by atoms with van der Waals surface area (Å²) < 4.78 is 0. The van der Waals surface area contributed by atoms with E-state index in [1.54, 1.807) is 0 Å². The highest BCUT2D eigenvalue weighted by atomic mass is 35.5. The van der Waals surface area contributed by atoms with Crippen molar-refractivity contribution in [1.29, 1.82) is 0 Å². The van der Waals surface area contributed by atoms with Gasteiger partial charge >= 0.3 is 5.97 Å². The van der Waals surface area contributed by atoms with E-state index in [0.29, 0.717) is 10.9 Å². The second kappa shape index (κ2) is 5.88. The zero-order chi connectivity index (χ0) is 15.0. The summed E-state index contributed by atoms with van der Waals surface area (Å²) in [5, 5.41) is 20.1. The number of phenolic OH excluding ortho intramolecular Hbond substituents is 1. The lowest BCUT2D eigenvalue weighted by molar-refractivity contribution is -0.137. The maximum absolute atomic E-state index is 11.2. The maximum Gasteiger partial charge on any atom is 0.303 e. The average Bonchev–Trinajstić information content (AvgIpc) is 3.24. The largest absolute Gasteiger partial charge is 0.506 e. The van der Waals surface area contributed by atoms with Crippen LogP contribution in [0.25, 0.3) is 0 Å². The lowest BCUT2D eigenvalue weighted by atomic mass is 9.83. The number of rotatable bonds is 4. The van der Waals surface area contributed by atoms with Gasteiger partial charge in [0.05, 0.1) is 11.4 Å². The number of carboxylic acid groups (broad SMARTS) is 1. The van der Waals surface area contributed by atoms with Gasteiger partial charge in [0.15, 0.2) is 0 Å². The lowest BCUT2D eigenvalue weighted by Gasteiger charge is -2.23. The van der Waals surface area contributed by atoms with E-state index in [4.69, 9.17) is 11.6 Å². The minimum absolute atomic E-state index is 0.0883. The quantitative estimate of drug-likeness (QED) is 0.816. The molecule has 2 aliphatic carbocycles. The van der Waals surface area contributed by atoms with E-state index in [9.17, 15) is 15.0 Å². The number of hydrogen-bond acceptors (Lipinski definition) is 2. The molecule has 0 amide bonds. The number of benzene rings is 1. The Kier molecular flexibility index (Phi) is 4.12. The fourth-order valence-electron chi connectivity index (χ4n) is 3.66. The topological polar surface area (TPSA) is 57.5 Å². The number of carbonyl (C=O) groups is 1. The molecule has 0 saturated heterocycles.